The molecule has 2 atom stereocenters. The summed E-state index contributed by atoms with van der Waals surface area (Å²) >= 11 is 6.04. The van der Waals surface area contributed by atoms with E-state index in [0.717, 1.165) is 23.0 Å². The van der Waals surface area contributed by atoms with Gasteiger partial charge in [-0.15, -0.1) is 0 Å². The number of benzene rings is 1. The minimum absolute atomic E-state index is 0.0591. The van der Waals surface area contributed by atoms with E-state index < -0.39 is 0 Å². The van der Waals surface area contributed by atoms with E-state index in [1.165, 1.54) is 25.7 Å². The summed E-state index contributed by atoms with van der Waals surface area (Å²) in [5, 5.41) is 4.41. The molecule has 0 spiro atoms. The quantitative estimate of drug-likeness (QED) is 0.863. The van der Waals surface area contributed by atoms with Crippen LogP contribution in [0.25, 0.3) is 0 Å². The maximum Gasteiger partial charge on any atom is 0.0498 e. The van der Waals surface area contributed by atoms with Gasteiger partial charge in [-0.1, -0.05) is 43.9 Å². The first kappa shape index (κ1) is 13.7. The molecule has 2 unspecified atom stereocenters. The van der Waals surface area contributed by atoms with Gasteiger partial charge in [-0.25, -0.2) is 0 Å². The summed E-state index contributed by atoms with van der Waals surface area (Å²) < 4.78 is 0. The number of halogens is 1. The van der Waals surface area contributed by atoms with E-state index in [-0.39, 0.29) is 5.54 Å². The van der Waals surface area contributed by atoms with Crippen molar-refractivity contribution in [1.29, 1.82) is 0 Å². The van der Waals surface area contributed by atoms with Crippen molar-refractivity contribution < 1.29 is 0 Å². The zero-order valence-corrected chi connectivity index (χ0v) is 11.8. The molecule has 1 aromatic carbocycles. The van der Waals surface area contributed by atoms with Crippen molar-refractivity contribution in [2.75, 3.05) is 11.9 Å². The molecule has 1 aromatic rings. The van der Waals surface area contributed by atoms with Crippen LogP contribution in [-0.4, -0.2) is 12.1 Å². The van der Waals surface area contributed by atoms with E-state index in [4.69, 9.17) is 17.3 Å². The fourth-order valence-electron chi connectivity index (χ4n) is 3.06. The van der Waals surface area contributed by atoms with Crippen LogP contribution >= 0.6 is 11.6 Å². The van der Waals surface area contributed by atoms with Gasteiger partial charge in [0.25, 0.3) is 0 Å². The van der Waals surface area contributed by atoms with E-state index in [2.05, 4.69) is 18.3 Å². The van der Waals surface area contributed by atoms with Crippen LogP contribution < -0.4 is 11.1 Å². The molecule has 1 aliphatic carbocycles. The predicted molar refractivity (Wildman–Crippen MR) is 79.1 cm³/mol. The van der Waals surface area contributed by atoms with Crippen molar-refractivity contribution >= 4 is 17.3 Å². The molecule has 0 aromatic heterocycles. The van der Waals surface area contributed by atoms with Crippen molar-refractivity contribution in [2.24, 2.45) is 11.7 Å². The van der Waals surface area contributed by atoms with Crippen LogP contribution in [0.2, 0.25) is 5.02 Å². The molecule has 0 bridgehead atoms. The Labute approximate surface area is 115 Å². The van der Waals surface area contributed by atoms with Crippen LogP contribution in [-0.2, 0) is 0 Å². The molecule has 2 rings (SSSR count). The first-order chi connectivity index (χ1) is 8.67. The van der Waals surface area contributed by atoms with Crippen LogP contribution in [0.4, 0.5) is 5.69 Å². The second-order valence-electron chi connectivity index (χ2n) is 5.49. The molecular formula is C15H23ClN2. The van der Waals surface area contributed by atoms with E-state index in [1.807, 2.05) is 18.2 Å². The standard InChI is InChI=1S/C15H23ClN2/c1-2-12-5-4-8-15(10-12,11-17)18-14-7-3-6-13(16)9-14/h3,6-7,9,12,18H,2,4-5,8,10-11,17H2,1H3. The number of hydrogen-bond donors (Lipinski definition) is 2. The maximum absolute atomic E-state index is 6.05. The Morgan fingerprint density at radius 2 is 2.33 bits per heavy atom. The summed E-state index contributed by atoms with van der Waals surface area (Å²) in [6.45, 7) is 2.96. The highest BCUT2D eigenvalue weighted by atomic mass is 35.5. The van der Waals surface area contributed by atoms with Gasteiger partial charge in [0.15, 0.2) is 0 Å². The summed E-state index contributed by atoms with van der Waals surface area (Å²) in [6, 6.07) is 7.93. The number of hydrogen-bond acceptors (Lipinski definition) is 2. The molecule has 0 radical (unpaired) electrons. The molecule has 3 N–H and O–H groups in total. The van der Waals surface area contributed by atoms with Gasteiger partial charge in [-0.3, -0.25) is 0 Å². The Kier molecular flexibility index (Phi) is 4.52. The lowest BCUT2D eigenvalue weighted by molar-refractivity contribution is 0.244. The maximum atomic E-state index is 6.05. The highest BCUT2D eigenvalue weighted by Gasteiger charge is 2.34. The molecule has 1 saturated carbocycles. The second-order valence-corrected chi connectivity index (χ2v) is 5.93. The lowest BCUT2D eigenvalue weighted by atomic mass is 9.74. The Balaban J connectivity index is 2.12. The van der Waals surface area contributed by atoms with Gasteiger partial charge < -0.3 is 11.1 Å². The molecule has 0 aliphatic heterocycles. The molecule has 1 fully saturated rings. The number of anilines is 1. The summed E-state index contributed by atoms with van der Waals surface area (Å²) in [5.41, 5.74) is 7.19. The fraction of sp³-hybridized carbons (Fsp3) is 0.600. The minimum atomic E-state index is 0.0591. The van der Waals surface area contributed by atoms with Crippen molar-refractivity contribution in [2.45, 2.75) is 44.6 Å². The summed E-state index contributed by atoms with van der Waals surface area (Å²) in [6.07, 6.45) is 6.19. The monoisotopic (exact) mass is 266 g/mol. The van der Waals surface area contributed by atoms with E-state index >= 15 is 0 Å². The van der Waals surface area contributed by atoms with E-state index in [0.29, 0.717) is 6.54 Å². The number of nitrogens with one attached hydrogen (secondary N) is 1. The Hall–Kier alpha value is -0.730. The highest BCUT2D eigenvalue weighted by Crippen LogP contribution is 2.36. The number of rotatable bonds is 4. The van der Waals surface area contributed by atoms with Crippen molar-refractivity contribution in [1.82, 2.24) is 0 Å². The van der Waals surface area contributed by atoms with Gasteiger partial charge >= 0.3 is 0 Å². The Morgan fingerprint density at radius 1 is 1.50 bits per heavy atom. The average Bonchev–Trinajstić information content (AvgIpc) is 2.39. The van der Waals surface area contributed by atoms with Crippen LogP contribution in [0.3, 0.4) is 0 Å². The third-order valence-electron chi connectivity index (χ3n) is 4.15. The van der Waals surface area contributed by atoms with Crippen molar-refractivity contribution in [3.8, 4) is 0 Å². The minimum Gasteiger partial charge on any atom is -0.378 e. The molecule has 3 heteroatoms. The second kappa shape index (κ2) is 5.94. The van der Waals surface area contributed by atoms with Gasteiger partial charge in [0.05, 0.1) is 0 Å². The molecule has 0 heterocycles. The first-order valence-corrected chi connectivity index (χ1v) is 7.29. The van der Waals surface area contributed by atoms with Crippen molar-refractivity contribution in [3.05, 3.63) is 29.3 Å². The van der Waals surface area contributed by atoms with Crippen LogP contribution in [0.1, 0.15) is 39.0 Å². The van der Waals surface area contributed by atoms with E-state index in [9.17, 15) is 0 Å². The largest absolute Gasteiger partial charge is 0.378 e. The Morgan fingerprint density at radius 3 is 3.00 bits per heavy atom. The van der Waals surface area contributed by atoms with Gasteiger partial charge in [0.1, 0.15) is 0 Å². The SMILES string of the molecule is CCC1CCCC(CN)(Nc2cccc(Cl)c2)C1. The third-order valence-corrected chi connectivity index (χ3v) is 4.38. The zero-order chi connectivity index (χ0) is 13.0. The lowest BCUT2D eigenvalue weighted by Gasteiger charge is -2.41. The van der Waals surface area contributed by atoms with Crippen LogP contribution in [0.5, 0.6) is 0 Å². The zero-order valence-electron chi connectivity index (χ0n) is 11.1. The molecule has 0 amide bonds. The molecule has 100 valence electrons. The molecule has 1 aliphatic rings. The summed E-state index contributed by atoms with van der Waals surface area (Å²) in [5.74, 6) is 0.800. The lowest BCUT2D eigenvalue weighted by Crippen LogP contribution is -2.49. The third kappa shape index (κ3) is 3.18. The highest BCUT2D eigenvalue weighted by molar-refractivity contribution is 6.30. The van der Waals surface area contributed by atoms with Crippen molar-refractivity contribution in [3.63, 3.8) is 0 Å². The molecular weight excluding hydrogens is 244 g/mol. The summed E-state index contributed by atoms with van der Waals surface area (Å²) in [4.78, 5) is 0. The smallest absolute Gasteiger partial charge is 0.0498 e. The van der Waals surface area contributed by atoms with Crippen LogP contribution in [0, 0.1) is 5.92 Å². The summed E-state index contributed by atoms with van der Waals surface area (Å²) in [7, 11) is 0. The first-order valence-electron chi connectivity index (χ1n) is 6.91. The van der Waals surface area contributed by atoms with Crippen LogP contribution in [0.15, 0.2) is 24.3 Å². The normalized spacial score (nSPS) is 28.1. The van der Waals surface area contributed by atoms with Gasteiger partial charge in [-0.2, -0.15) is 0 Å². The fourth-order valence-corrected chi connectivity index (χ4v) is 3.25. The van der Waals surface area contributed by atoms with Gasteiger partial charge in [-0.05, 0) is 37.0 Å². The topological polar surface area (TPSA) is 38.0 Å². The van der Waals surface area contributed by atoms with Gasteiger partial charge in [0, 0.05) is 22.8 Å². The predicted octanol–water partition coefficient (Wildman–Crippen LogP) is 4.05. The Bertz CT molecular complexity index is 394. The van der Waals surface area contributed by atoms with Gasteiger partial charge in [0.2, 0.25) is 0 Å². The average molecular weight is 267 g/mol. The number of nitrogens with two attached hydrogens (primary N) is 1. The molecule has 2 nitrogen and oxygen atoms in total. The van der Waals surface area contributed by atoms with E-state index in [1.54, 1.807) is 0 Å². The molecule has 18 heavy (non-hydrogen) atoms. The molecule has 0 saturated heterocycles.